The molecule has 24 heavy (non-hydrogen) atoms. The summed E-state index contributed by atoms with van der Waals surface area (Å²) in [5.74, 6) is -0.678. The molecule has 1 aromatic carbocycles. The third kappa shape index (κ3) is 4.62. The lowest BCUT2D eigenvalue weighted by Crippen LogP contribution is -2.42. The van der Waals surface area contributed by atoms with Crippen molar-refractivity contribution < 1.29 is 19.1 Å². The highest BCUT2D eigenvalue weighted by atomic mass is 35.5. The fraction of sp³-hybridized carbons (Fsp3) is 0.500. The second-order valence-corrected chi connectivity index (χ2v) is 7.07. The van der Waals surface area contributed by atoms with Crippen LogP contribution in [0.4, 0.5) is 10.1 Å². The van der Waals surface area contributed by atoms with Crippen LogP contribution in [0.1, 0.15) is 12.8 Å². The molecule has 5 nitrogen and oxygen atoms in total. The molecule has 0 spiro atoms. The molecule has 1 saturated heterocycles. The van der Waals surface area contributed by atoms with Gasteiger partial charge in [-0.05, 0) is 36.6 Å². The third-order valence-corrected chi connectivity index (χ3v) is 4.88. The maximum absolute atomic E-state index is 13.2. The van der Waals surface area contributed by atoms with Gasteiger partial charge >= 0.3 is 0 Å². The van der Waals surface area contributed by atoms with E-state index in [1.165, 1.54) is 23.1 Å². The van der Waals surface area contributed by atoms with Crippen molar-refractivity contribution in [1.82, 2.24) is 5.32 Å². The summed E-state index contributed by atoms with van der Waals surface area (Å²) in [6.45, 7) is 0.0809. The van der Waals surface area contributed by atoms with Gasteiger partial charge in [0, 0.05) is 18.7 Å². The van der Waals surface area contributed by atoms with Crippen LogP contribution in [-0.2, 0) is 9.59 Å². The van der Waals surface area contributed by atoms with Crippen LogP contribution in [-0.4, -0.2) is 48.1 Å². The van der Waals surface area contributed by atoms with E-state index in [4.69, 9.17) is 11.6 Å². The zero-order valence-corrected chi connectivity index (χ0v) is 14.9. The second-order valence-electron chi connectivity index (χ2n) is 5.67. The number of carbonyl (C=O) groups is 2. The smallest absolute Gasteiger partial charge is 0.227 e. The molecule has 2 rings (SSSR count). The van der Waals surface area contributed by atoms with Gasteiger partial charge in [-0.25, -0.2) is 4.39 Å². The van der Waals surface area contributed by atoms with Gasteiger partial charge in [0.1, 0.15) is 5.82 Å². The second kappa shape index (κ2) is 8.69. The highest BCUT2D eigenvalue weighted by molar-refractivity contribution is 7.98. The van der Waals surface area contributed by atoms with E-state index in [0.717, 1.165) is 5.75 Å². The van der Waals surface area contributed by atoms with E-state index in [-0.39, 0.29) is 42.5 Å². The molecule has 0 bridgehead atoms. The van der Waals surface area contributed by atoms with Crippen molar-refractivity contribution in [2.45, 2.75) is 18.9 Å². The summed E-state index contributed by atoms with van der Waals surface area (Å²) in [6, 6.07) is 3.73. The predicted octanol–water partition coefficient (Wildman–Crippen LogP) is 2.06. The van der Waals surface area contributed by atoms with Crippen LogP contribution >= 0.6 is 23.4 Å². The van der Waals surface area contributed by atoms with E-state index >= 15 is 0 Å². The van der Waals surface area contributed by atoms with Crippen LogP contribution in [0.3, 0.4) is 0 Å². The quantitative estimate of drug-likeness (QED) is 0.766. The Labute approximate surface area is 149 Å². The zero-order valence-electron chi connectivity index (χ0n) is 13.3. The summed E-state index contributed by atoms with van der Waals surface area (Å²) in [7, 11) is 0. The van der Waals surface area contributed by atoms with Crippen molar-refractivity contribution >= 4 is 40.9 Å². The first-order valence-electron chi connectivity index (χ1n) is 7.61. The highest BCUT2D eigenvalue weighted by Gasteiger charge is 2.35. The summed E-state index contributed by atoms with van der Waals surface area (Å²) in [5.41, 5.74) is 0.475. The van der Waals surface area contributed by atoms with Gasteiger partial charge in [0.25, 0.3) is 0 Å². The molecule has 1 aromatic rings. The molecular formula is C16H20ClFN2O3S. The molecule has 0 radical (unpaired) electrons. The Morgan fingerprint density at radius 1 is 1.58 bits per heavy atom. The topological polar surface area (TPSA) is 69.6 Å². The molecule has 1 heterocycles. The summed E-state index contributed by atoms with van der Waals surface area (Å²) in [6.07, 6.45) is 2.71. The van der Waals surface area contributed by atoms with Gasteiger partial charge in [0.15, 0.2) is 0 Å². The molecule has 8 heteroatoms. The zero-order chi connectivity index (χ0) is 17.7. The summed E-state index contributed by atoms with van der Waals surface area (Å²) in [4.78, 5) is 25.9. The van der Waals surface area contributed by atoms with Crippen LogP contribution in [0.5, 0.6) is 0 Å². The summed E-state index contributed by atoms with van der Waals surface area (Å²) >= 11 is 7.39. The van der Waals surface area contributed by atoms with E-state index in [1.54, 1.807) is 11.8 Å². The predicted molar refractivity (Wildman–Crippen MR) is 93.9 cm³/mol. The molecule has 0 unspecified atom stereocenters. The van der Waals surface area contributed by atoms with Gasteiger partial charge < -0.3 is 15.3 Å². The average molecular weight is 375 g/mol. The number of aliphatic hydroxyl groups is 1. The van der Waals surface area contributed by atoms with Gasteiger partial charge in [-0.1, -0.05) is 11.6 Å². The van der Waals surface area contributed by atoms with Gasteiger partial charge in [-0.15, -0.1) is 0 Å². The van der Waals surface area contributed by atoms with Crippen LogP contribution in [0.15, 0.2) is 18.2 Å². The number of rotatable bonds is 7. The fourth-order valence-electron chi connectivity index (χ4n) is 2.57. The number of halogens is 2. The molecular weight excluding hydrogens is 355 g/mol. The monoisotopic (exact) mass is 374 g/mol. The first kappa shape index (κ1) is 19.0. The van der Waals surface area contributed by atoms with Crippen molar-refractivity contribution in [2.75, 3.05) is 30.1 Å². The standard InChI is InChI=1S/C16H20ClFN2O3S/c1-24-5-4-11(9-21)19-16(23)10-6-15(22)20(8-10)12-2-3-14(18)13(17)7-12/h2-3,7,10-11,21H,4-6,8-9H2,1H3,(H,19,23)/t10-,11+/m0/s1. The molecule has 2 atom stereocenters. The number of amides is 2. The molecule has 0 saturated carbocycles. The number of nitrogens with zero attached hydrogens (tertiary/aromatic N) is 1. The van der Waals surface area contributed by atoms with Crippen LogP contribution in [0, 0.1) is 11.7 Å². The molecule has 2 amide bonds. The van der Waals surface area contributed by atoms with Gasteiger partial charge in [0.2, 0.25) is 11.8 Å². The molecule has 132 valence electrons. The highest BCUT2D eigenvalue weighted by Crippen LogP contribution is 2.28. The molecule has 1 aliphatic rings. The van der Waals surface area contributed by atoms with Crippen LogP contribution < -0.4 is 10.2 Å². The minimum atomic E-state index is -0.555. The minimum Gasteiger partial charge on any atom is -0.394 e. The lowest BCUT2D eigenvalue weighted by Gasteiger charge is -2.19. The van der Waals surface area contributed by atoms with Gasteiger partial charge in [-0.2, -0.15) is 11.8 Å². The Balaban J connectivity index is 2.00. The first-order chi connectivity index (χ1) is 11.5. The van der Waals surface area contributed by atoms with Gasteiger partial charge in [0.05, 0.1) is 23.6 Å². The first-order valence-corrected chi connectivity index (χ1v) is 9.39. The van der Waals surface area contributed by atoms with Crippen molar-refractivity contribution in [2.24, 2.45) is 5.92 Å². The molecule has 1 aliphatic heterocycles. The maximum atomic E-state index is 13.2. The van der Waals surface area contributed by atoms with Crippen molar-refractivity contribution in [3.8, 4) is 0 Å². The van der Waals surface area contributed by atoms with Crippen LogP contribution in [0.2, 0.25) is 5.02 Å². The lowest BCUT2D eigenvalue weighted by molar-refractivity contribution is -0.127. The lowest BCUT2D eigenvalue weighted by atomic mass is 10.1. The third-order valence-electron chi connectivity index (χ3n) is 3.95. The van der Waals surface area contributed by atoms with Crippen molar-refractivity contribution in [3.63, 3.8) is 0 Å². The van der Waals surface area contributed by atoms with Crippen molar-refractivity contribution in [3.05, 3.63) is 29.0 Å². The normalized spacial score (nSPS) is 18.8. The Morgan fingerprint density at radius 2 is 2.33 bits per heavy atom. The maximum Gasteiger partial charge on any atom is 0.227 e. The summed E-state index contributed by atoms with van der Waals surface area (Å²) < 4.78 is 13.2. The average Bonchev–Trinajstić information content (AvgIpc) is 2.95. The summed E-state index contributed by atoms with van der Waals surface area (Å²) in [5, 5.41) is 12.1. The Kier molecular flexibility index (Phi) is 6.89. The van der Waals surface area contributed by atoms with Crippen molar-refractivity contribution in [1.29, 1.82) is 0 Å². The fourth-order valence-corrected chi connectivity index (χ4v) is 3.27. The number of nitrogens with one attached hydrogen (secondary N) is 1. The SMILES string of the molecule is CSCC[C@H](CO)NC(=O)[C@H]1CC(=O)N(c2ccc(F)c(Cl)c2)C1. The largest absolute Gasteiger partial charge is 0.394 e. The number of anilines is 1. The number of aliphatic hydroxyl groups excluding tert-OH is 1. The minimum absolute atomic E-state index is 0.0642. The number of hydrogen-bond donors (Lipinski definition) is 2. The number of hydrogen-bond acceptors (Lipinski definition) is 4. The number of carbonyl (C=O) groups excluding carboxylic acids is 2. The van der Waals surface area contributed by atoms with E-state index in [9.17, 15) is 19.1 Å². The molecule has 1 fully saturated rings. The van der Waals surface area contributed by atoms with Crippen LogP contribution in [0.25, 0.3) is 0 Å². The van der Waals surface area contributed by atoms with E-state index in [2.05, 4.69) is 5.32 Å². The Hall–Kier alpha value is -1.31. The Bertz CT molecular complexity index is 617. The molecule has 2 N–H and O–H groups in total. The van der Waals surface area contributed by atoms with E-state index < -0.39 is 11.7 Å². The van der Waals surface area contributed by atoms with Gasteiger partial charge in [-0.3, -0.25) is 9.59 Å². The van der Waals surface area contributed by atoms with E-state index in [0.29, 0.717) is 12.1 Å². The Morgan fingerprint density at radius 3 is 2.96 bits per heavy atom. The number of benzene rings is 1. The van der Waals surface area contributed by atoms with E-state index in [1.807, 2.05) is 6.26 Å². The molecule has 0 aromatic heterocycles. The molecule has 0 aliphatic carbocycles. The number of thioether (sulfide) groups is 1.